The summed E-state index contributed by atoms with van der Waals surface area (Å²) in [4.78, 5) is 28.7. The van der Waals surface area contributed by atoms with Crippen molar-refractivity contribution < 1.29 is 14.6 Å². The van der Waals surface area contributed by atoms with Gasteiger partial charge in [0.25, 0.3) is 5.56 Å². The van der Waals surface area contributed by atoms with E-state index in [9.17, 15) is 14.7 Å². The van der Waals surface area contributed by atoms with Crippen molar-refractivity contribution in [1.82, 2.24) is 24.5 Å². The molecule has 0 saturated carbocycles. The van der Waals surface area contributed by atoms with Gasteiger partial charge >= 0.3 is 0 Å². The molecule has 10 heteroatoms. The first-order chi connectivity index (χ1) is 14.1. The number of hydrogen-bond donors (Lipinski definition) is 2. The van der Waals surface area contributed by atoms with Crippen LogP contribution in [-0.2, 0) is 17.8 Å². The highest BCUT2D eigenvalue weighted by Crippen LogP contribution is 2.21. The lowest BCUT2D eigenvalue weighted by Crippen LogP contribution is -2.36. The Hall–Kier alpha value is -3.53. The monoisotopic (exact) mass is 412 g/mol. The van der Waals surface area contributed by atoms with Crippen LogP contribution < -0.4 is 16.0 Å². The third kappa shape index (κ3) is 5.29. The molecule has 1 amide bonds. The molecule has 30 heavy (non-hydrogen) atoms. The zero-order chi connectivity index (χ0) is 21.9. The van der Waals surface area contributed by atoms with Crippen LogP contribution >= 0.6 is 0 Å². The molecule has 158 valence electrons. The minimum absolute atomic E-state index is 0.0863. The third-order valence-corrected chi connectivity index (χ3v) is 4.26. The van der Waals surface area contributed by atoms with Gasteiger partial charge in [0.2, 0.25) is 5.91 Å². The number of carbonyl (C=O) groups is 1. The molecule has 0 radical (unpaired) electrons. The van der Waals surface area contributed by atoms with Gasteiger partial charge in [0, 0.05) is 24.9 Å². The summed E-state index contributed by atoms with van der Waals surface area (Å²) >= 11 is 0. The van der Waals surface area contributed by atoms with Gasteiger partial charge in [-0.3, -0.25) is 19.3 Å². The summed E-state index contributed by atoms with van der Waals surface area (Å²) in [7, 11) is 0. The summed E-state index contributed by atoms with van der Waals surface area (Å²) < 4.78 is 8.24. The van der Waals surface area contributed by atoms with Crippen molar-refractivity contribution in [2.75, 3.05) is 0 Å². The van der Waals surface area contributed by atoms with E-state index in [-0.39, 0.29) is 18.7 Å². The van der Waals surface area contributed by atoms with E-state index >= 15 is 0 Å². The Morgan fingerprint density at radius 2 is 2.13 bits per heavy atom. The fourth-order valence-electron chi connectivity index (χ4n) is 2.90. The molecule has 1 unspecified atom stereocenters. The van der Waals surface area contributed by atoms with Crippen molar-refractivity contribution in [2.45, 2.75) is 45.4 Å². The molecular weight excluding hydrogens is 388 g/mol. The number of aryl methyl sites for hydroxylation is 1. The lowest BCUT2D eigenvalue weighted by Gasteiger charge is -2.17. The van der Waals surface area contributed by atoms with Crippen LogP contribution in [0.2, 0.25) is 0 Å². The van der Waals surface area contributed by atoms with Crippen LogP contribution in [0.5, 0.6) is 11.5 Å². The van der Waals surface area contributed by atoms with Gasteiger partial charge in [0.1, 0.15) is 11.8 Å². The second kappa shape index (κ2) is 8.46. The third-order valence-electron chi connectivity index (χ3n) is 4.26. The van der Waals surface area contributed by atoms with E-state index in [1.807, 2.05) is 0 Å². The van der Waals surface area contributed by atoms with Crippen molar-refractivity contribution >= 4 is 5.91 Å². The number of pyridine rings is 1. The average molecular weight is 412 g/mol. The zero-order valence-electron chi connectivity index (χ0n) is 17.0. The number of amides is 1. The van der Waals surface area contributed by atoms with E-state index in [4.69, 9.17) is 10.5 Å². The highest BCUT2D eigenvalue weighted by Gasteiger charge is 2.23. The molecule has 0 aliphatic heterocycles. The van der Waals surface area contributed by atoms with Gasteiger partial charge in [0.05, 0.1) is 29.7 Å². The molecule has 0 aliphatic carbocycles. The number of hydrogen-bond acceptors (Lipinski definition) is 7. The number of aromatic nitrogens is 5. The van der Waals surface area contributed by atoms with Gasteiger partial charge in [-0.15, -0.1) is 0 Å². The molecule has 3 aromatic heterocycles. The fourth-order valence-corrected chi connectivity index (χ4v) is 2.90. The molecule has 0 aromatic carbocycles. The standard InChI is InChI=1S/C20H24N6O4/c1-13-17(5-4-7-22-13)30-15-10-18(27)26(23-11-15)16(19(21)28)9-14-6-8-25(24-14)12-20(2,3)29/h4-8,10-11,16,29H,9,12H2,1-3H3,(H2,21,28). The van der Waals surface area contributed by atoms with Crippen LogP contribution in [0.1, 0.15) is 31.3 Å². The lowest BCUT2D eigenvalue weighted by molar-refractivity contribution is -0.121. The zero-order valence-corrected chi connectivity index (χ0v) is 17.0. The SMILES string of the molecule is Cc1ncccc1Oc1cnn(C(Cc2ccn(CC(C)(C)O)n2)C(N)=O)c(=O)c1. The summed E-state index contributed by atoms with van der Waals surface area (Å²) in [6, 6.07) is 5.37. The van der Waals surface area contributed by atoms with Gasteiger partial charge < -0.3 is 15.6 Å². The minimum Gasteiger partial charge on any atom is -0.454 e. The highest BCUT2D eigenvalue weighted by atomic mass is 16.5. The van der Waals surface area contributed by atoms with Gasteiger partial charge in [-0.2, -0.15) is 10.2 Å². The Balaban J connectivity index is 1.80. The number of aliphatic hydroxyl groups is 1. The van der Waals surface area contributed by atoms with E-state index in [0.29, 0.717) is 17.1 Å². The topological polar surface area (TPSA) is 138 Å². The fraction of sp³-hybridized carbons (Fsp3) is 0.350. The summed E-state index contributed by atoms with van der Waals surface area (Å²) in [5, 5.41) is 18.3. The van der Waals surface area contributed by atoms with E-state index < -0.39 is 23.1 Å². The molecule has 10 nitrogen and oxygen atoms in total. The maximum atomic E-state index is 12.6. The Morgan fingerprint density at radius 3 is 2.77 bits per heavy atom. The van der Waals surface area contributed by atoms with Crippen LogP contribution in [0, 0.1) is 6.92 Å². The Bertz CT molecular complexity index is 1100. The van der Waals surface area contributed by atoms with Crippen LogP contribution in [0.15, 0.2) is 47.7 Å². The smallest absolute Gasteiger partial charge is 0.271 e. The van der Waals surface area contributed by atoms with Crippen LogP contribution in [-0.4, -0.2) is 41.2 Å². The highest BCUT2D eigenvalue weighted by molar-refractivity contribution is 5.78. The second-order valence-corrected chi connectivity index (χ2v) is 7.60. The molecule has 0 spiro atoms. The van der Waals surface area contributed by atoms with Crippen LogP contribution in [0.3, 0.4) is 0 Å². The van der Waals surface area contributed by atoms with E-state index in [1.165, 1.54) is 12.3 Å². The largest absolute Gasteiger partial charge is 0.454 e. The second-order valence-electron chi connectivity index (χ2n) is 7.60. The number of primary amides is 1. The Labute approximate surface area is 172 Å². The van der Waals surface area contributed by atoms with Gasteiger partial charge in [-0.05, 0) is 39.0 Å². The molecule has 3 N–H and O–H groups in total. The molecule has 3 heterocycles. The summed E-state index contributed by atoms with van der Waals surface area (Å²) in [5.74, 6) is 0.0173. The minimum atomic E-state index is -1.02. The predicted molar refractivity (Wildman–Crippen MR) is 108 cm³/mol. The number of ether oxygens (including phenoxy) is 1. The molecule has 0 fully saturated rings. The van der Waals surface area contributed by atoms with Gasteiger partial charge in [-0.25, -0.2) is 4.68 Å². The molecule has 0 saturated heterocycles. The Morgan fingerprint density at radius 1 is 1.37 bits per heavy atom. The lowest BCUT2D eigenvalue weighted by atomic mass is 10.1. The van der Waals surface area contributed by atoms with E-state index in [2.05, 4.69) is 15.2 Å². The van der Waals surface area contributed by atoms with Crippen molar-refractivity contribution in [2.24, 2.45) is 5.73 Å². The quantitative estimate of drug-likeness (QED) is 0.562. The number of carbonyl (C=O) groups excluding carboxylic acids is 1. The normalized spacial score (nSPS) is 12.5. The van der Waals surface area contributed by atoms with Crippen molar-refractivity contribution in [3.8, 4) is 11.5 Å². The van der Waals surface area contributed by atoms with Crippen molar-refractivity contribution in [1.29, 1.82) is 0 Å². The maximum Gasteiger partial charge on any atom is 0.271 e. The van der Waals surface area contributed by atoms with Crippen molar-refractivity contribution in [3.63, 3.8) is 0 Å². The molecular formula is C20H24N6O4. The molecule has 0 bridgehead atoms. The maximum absolute atomic E-state index is 12.6. The van der Waals surface area contributed by atoms with E-state index in [0.717, 1.165) is 4.68 Å². The molecule has 0 aliphatic rings. The summed E-state index contributed by atoms with van der Waals surface area (Å²) in [5.41, 5.74) is 5.26. The number of rotatable bonds is 8. The van der Waals surface area contributed by atoms with Gasteiger partial charge in [0.15, 0.2) is 5.75 Å². The number of nitrogens with two attached hydrogens (primary N) is 1. The predicted octanol–water partition coefficient (Wildman–Crippen LogP) is 0.976. The molecule has 1 atom stereocenters. The van der Waals surface area contributed by atoms with E-state index in [1.54, 1.807) is 56.0 Å². The summed E-state index contributed by atoms with van der Waals surface area (Å²) in [6.45, 7) is 5.40. The Kier molecular flexibility index (Phi) is 5.97. The first-order valence-corrected chi connectivity index (χ1v) is 9.35. The summed E-state index contributed by atoms with van der Waals surface area (Å²) in [6.07, 6.45) is 4.76. The first kappa shape index (κ1) is 21.2. The van der Waals surface area contributed by atoms with Crippen LogP contribution in [0.25, 0.3) is 0 Å². The number of nitrogens with zero attached hydrogens (tertiary/aromatic N) is 5. The molecule has 3 aromatic rings. The first-order valence-electron chi connectivity index (χ1n) is 9.35. The van der Waals surface area contributed by atoms with Crippen molar-refractivity contribution in [3.05, 3.63) is 64.6 Å². The average Bonchev–Trinajstić information content (AvgIpc) is 3.07. The van der Waals surface area contributed by atoms with Gasteiger partial charge in [-0.1, -0.05) is 0 Å². The molecule has 3 rings (SSSR count). The van der Waals surface area contributed by atoms with Crippen LogP contribution in [0.4, 0.5) is 0 Å².